The highest BCUT2D eigenvalue weighted by molar-refractivity contribution is 6.20. The van der Waals surface area contributed by atoms with E-state index in [0.29, 0.717) is 0 Å². The largest absolute Gasteiger partial charge is 0.118 e. The van der Waals surface area contributed by atoms with Gasteiger partial charge in [-0.05, 0) is 48.3 Å². The Morgan fingerprint density at radius 2 is 2.19 bits per heavy atom. The van der Waals surface area contributed by atoms with Gasteiger partial charge in [0, 0.05) is 0 Å². The smallest absolute Gasteiger partial charge is 0.0590 e. The van der Waals surface area contributed by atoms with Gasteiger partial charge in [-0.2, -0.15) is 0 Å². The molecule has 0 spiro atoms. The third-order valence-electron chi connectivity index (χ3n) is 3.60. The topological polar surface area (TPSA) is 0 Å². The molecule has 1 aromatic rings. The van der Waals surface area contributed by atoms with Crippen molar-refractivity contribution in [1.29, 1.82) is 0 Å². The van der Waals surface area contributed by atoms with Gasteiger partial charge in [-0.1, -0.05) is 38.5 Å². The standard InChI is InChI=1S/C15H21Cl/c1-3-4-12-6-8-13-7-5-11(2)9-15(16)14(13)10-12/h6,8,10-11,15H,3-5,7,9H2,1-2H3. The Labute approximate surface area is 104 Å². The normalized spacial score (nSPS) is 24.9. The summed E-state index contributed by atoms with van der Waals surface area (Å²) in [5.74, 6) is 0.754. The van der Waals surface area contributed by atoms with Gasteiger partial charge in [0.05, 0.1) is 5.38 Å². The van der Waals surface area contributed by atoms with Crippen molar-refractivity contribution in [1.82, 2.24) is 0 Å². The summed E-state index contributed by atoms with van der Waals surface area (Å²) in [6.07, 6.45) is 5.99. The van der Waals surface area contributed by atoms with Crippen LogP contribution in [0.2, 0.25) is 0 Å². The lowest BCUT2D eigenvalue weighted by Crippen LogP contribution is -1.97. The van der Waals surface area contributed by atoms with Crippen LogP contribution in [-0.2, 0) is 12.8 Å². The van der Waals surface area contributed by atoms with E-state index in [-0.39, 0.29) is 5.38 Å². The second-order valence-electron chi connectivity index (χ2n) is 5.13. The first-order chi connectivity index (χ1) is 7.70. The fourth-order valence-electron chi connectivity index (χ4n) is 2.61. The van der Waals surface area contributed by atoms with Crippen LogP contribution in [0.4, 0.5) is 0 Å². The Bertz CT molecular complexity index is 356. The minimum atomic E-state index is 0.226. The second kappa shape index (κ2) is 5.23. The van der Waals surface area contributed by atoms with Gasteiger partial charge in [-0.3, -0.25) is 0 Å². The Morgan fingerprint density at radius 1 is 1.38 bits per heavy atom. The first-order valence-electron chi connectivity index (χ1n) is 6.46. The molecule has 0 fully saturated rings. The van der Waals surface area contributed by atoms with Gasteiger partial charge in [0.1, 0.15) is 0 Å². The first kappa shape index (κ1) is 12.0. The molecule has 1 aliphatic rings. The lowest BCUT2D eigenvalue weighted by molar-refractivity contribution is 0.503. The quantitative estimate of drug-likeness (QED) is 0.507. The number of halogens is 1. The van der Waals surface area contributed by atoms with Gasteiger partial charge >= 0.3 is 0 Å². The van der Waals surface area contributed by atoms with E-state index >= 15 is 0 Å². The van der Waals surface area contributed by atoms with E-state index in [0.717, 1.165) is 12.3 Å². The molecule has 0 saturated heterocycles. The molecule has 0 aliphatic heterocycles. The maximum absolute atomic E-state index is 6.52. The lowest BCUT2D eigenvalue weighted by Gasteiger charge is -2.13. The minimum absolute atomic E-state index is 0.226. The van der Waals surface area contributed by atoms with Crippen LogP contribution in [-0.4, -0.2) is 0 Å². The van der Waals surface area contributed by atoms with Crippen LogP contribution in [0, 0.1) is 5.92 Å². The first-order valence-corrected chi connectivity index (χ1v) is 6.90. The number of aryl methyl sites for hydroxylation is 2. The van der Waals surface area contributed by atoms with Crippen molar-refractivity contribution in [3.8, 4) is 0 Å². The molecule has 1 aliphatic carbocycles. The lowest BCUT2D eigenvalue weighted by atomic mass is 9.98. The van der Waals surface area contributed by atoms with Crippen molar-refractivity contribution in [3.63, 3.8) is 0 Å². The summed E-state index contributed by atoms with van der Waals surface area (Å²) < 4.78 is 0. The molecule has 0 heterocycles. The van der Waals surface area contributed by atoms with Crippen LogP contribution in [0.5, 0.6) is 0 Å². The molecule has 2 unspecified atom stereocenters. The number of benzene rings is 1. The van der Waals surface area contributed by atoms with Crippen molar-refractivity contribution in [3.05, 3.63) is 34.9 Å². The summed E-state index contributed by atoms with van der Waals surface area (Å²) in [4.78, 5) is 0. The highest BCUT2D eigenvalue weighted by Gasteiger charge is 2.20. The average molecular weight is 237 g/mol. The predicted molar refractivity (Wildman–Crippen MR) is 71.1 cm³/mol. The van der Waals surface area contributed by atoms with E-state index in [9.17, 15) is 0 Å². The molecule has 0 amide bonds. The zero-order valence-corrected chi connectivity index (χ0v) is 11.1. The molecular weight excluding hydrogens is 216 g/mol. The number of fused-ring (bicyclic) bond motifs is 1. The molecule has 2 atom stereocenters. The summed E-state index contributed by atoms with van der Waals surface area (Å²) in [5.41, 5.74) is 4.32. The molecule has 0 saturated carbocycles. The molecular formula is C15H21Cl. The van der Waals surface area contributed by atoms with Crippen LogP contribution in [0.3, 0.4) is 0 Å². The van der Waals surface area contributed by atoms with Crippen LogP contribution in [0.25, 0.3) is 0 Å². The summed E-state index contributed by atoms with van der Waals surface area (Å²) in [7, 11) is 0. The van der Waals surface area contributed by atoms with E-state index < -0.39 is 0 Å². The third-order valence-corrected chi connectivity index (χ3v) is 4.02. The highest BCUT2D eigenvalue weighted by atomic mass is 35.5. The van der Waals surface area contributed by atoms with Gasteiger partial charge in [0.15, 0.2) is 0 Å². The van der Waals surface area contributed by atoms with Gasteiger partial charge in [0.25, 0.3) is 0 Å². The molecule has 2 rings (SSSR count). The predicted octanol–water partition coefficient (Wildman–Crippen LogP) is 4.89. The SMILES string of the molecule is CCCc1ccc2c(c1)C(Cl)CC(C)CC2. The number of hydrogen-bond acceptors (Lipinski definition) is 0. The Morgan fingerprint density at radius 3 is 2.94 bits per heavy atom. The van der Waals surface area contributed by atoms with E-state index in [1.807, 2.05) is 0 Å². The molecule has 0 radical (unpaired) electrons. The second-order valence-corrected chi connectivity index (χ2v) is 5.66. The molecule has 0 N–H and O–H groups in total. The van der Waals surface area contributed by atoms with Crippen LogP contribution < -0.4 is 0 Å². The maximum Gasteiger partial charge on any atom is 0.0590 e. The molecule has 0 aromatic heterocycles. The van der Waals surface area contributed by atoms with E-state index in [1.54, 1.807) is 0 Å². The van der Waals surface area contributed by atoms with E-state index in [2.05, 4.69) is 32.0 Å². The number of alkyl halides is 1. The third kappa shape index (κ3) is 2.60. The average Bonchev–Trinajstić information content (AvgIpc) is 2.40. The fraction of sp³-hybridized carbons (Fsp3) is 0.600. The maximum atomic E-state index is 6.52. The van der Waals surface area contributed by atoms with Crippen molar-refractivity contribution >= 4 is 11.6 Å². The Kier molecular flexibility index (Phi) is 3.91. The van der Waals surface area contributed by atoms with Crippen LogP contribution >= 0.6 is 11.6 Å². The molecule has 88 valence electrons. The van der Waals surface area contributed by atoms with Gasteiger partial charge in [-0.25, -0.2) is 0 Å². The fourth-order valence-corrected chi connectivity index (χ4v) is 3.12. The summed E-state index contributed by atoms with van der Waals surface area (Å²) in [6.45, 7) is 4.54. The van der Waals surface area contributed by atoms with Gasteiger partial charge in [-0.15, -0.1) is 11.6 Å². The number of hydrogen-bond donors (Lipinski definition) is 0. The minimum Gasteiger partial charge on any atom is -0.118 e. The van der Waals surface area contributed by atoms with Gasteiger partial charge < -0.3 is 0 Å². The molecule has 1 aromatic carbocycles. The Hall–Kier alpha value is -0.490. The zero-order valence-electron chi connectivity index (χ0n) is 10.3. The summed E-state index contributed by atoms with van der Waals surface area (Å²) in [6, 6.07) is 6.92. The van der Waals surface area contributed by atoms with Crippen LogP contribution in [0.1, 0.15) is 55.2 Å². The van der Waals surface area contributed by atoms with Crippen molar-refractivity contribution in [2.75, 3.05) is 0 Å². The monoisotopic (exact) mass is 236 g/mol. The molecule has 1 heteroatoms. The van der Waals surface area contributed by atoms with Gasteiger partial charge in [0.2, 0.25) is 0 Å². The van der Waals surface area contributed by atoms with Crippen LogP contribution in [0.15, 0.2) is 18.2 Å². The molecule has 16 heavy (non-hydrogen) atoms. The summed E-state index contributed by atoms with van der Waals surface area (Å²) >= 11 is 6.52. The van der Waals surface area contributed by atoms with Crippen molar-refractivity contribution in [2.45, 2.75) is 51.3 Å². The molecule has 0 nitrogen and oxygen atoms in total. The zero-order chi connectivity index (χ0) is 11.5. The Balaban J connectivity index is 2.30. The van der Waals surface area contributed by atoms with Crippen molar-refractivity contribution < 1.29 is 0 Å². The van der Waals surface area contributed by atoms with E-state index in [4.69, 9.17) is 11.6 Å². The highest BCUT2D eigenvalue weighted by Crippen LogP contribution is 2.36. The molecule has 0 bridgehead atoms. The van der Waals surface area contributed by atoms with E-state index in [1.165, 1.54) is 42.4 Å². The number of rotatable bonds is 2. The summed E-state index contributed by atoms with van der Waals surface area (Å²) in [5, 5.41) is 0.226. The van der Waals surface area contributed by atoms with Crippen molar-refractivity contribution in [2.24, 2.45) is 5.92 Å².